The molecule has 0 spiro atoms. The van der Waals surface area contributed by atoms with E-state index in [1.807, 2.05) is 13.8 Å². The SMILES string of the molecule is CCCCCCCC(C)(C(=O)O)N(C=O)C(C)C. The maximum absolute atomic E-state index is 11.4. The van der Waals surface area contributed by atoms with E-state index in [2.05, 4.69) is 6.92 Å². The molecule has 0 radical (unpaired) electrons. The van der Waals surface area contributed by atoms with E-state index in [9.17, 15) is 14.7 Å². The van der Waals surface area contributed by atoms with E-state index in [4.69, 9.17) is 0 Å². The molecular weight excluding hydrogens is 230 g/mol. The zero-order chi connectivity index (χ0) is 14.2. The van der Waals surface area contributed by atoms with Crippen LogP contribution in [-0.4, -0.2) is 34.0 Å². The summed E-state index contributed by atoms with van der Waals surface area (Å²) in [6.45, 7) is 7.47. The van der Waals surface area contributed by atoms with E-state index in [1.54, 1.807) is 6.92 Å². The van der Waals surface area contributed by atoms with Crippen LogP contribution in [0.5, 0.6) is 0 Å². The molecule has 1 N–H and O–H groups in total. The molecule has 0 rings (SSSR count). The first-order chi connectivity index (χ1) is 8.40. The minimum absolute atomic E-state index is 0.0979. The van der Waals surface area contributed by atoms with Crippen molar-refractivity contribution in [3.8, 4) is 0 Å². The van der Waals surface area contributed by atoms with Crippen LogP contribution < -0.4 is 0 Å². The van der Waals surface area contributed by atoms with Crippen LogP contribution in [0.15, 0.2) is 0 Å². The summed E-state index contributed by atoms with van der Waals surface area (Å²) in [5.74, 6) is -0.918. The number of amides is 1. The molecule has 0 saturated heterocycles. The van der Waals surface area contributed by atoms with E-state index in [0.29, 0.717) is 12.8 Å². The Bertz CT molecular complexity index is 266. The molecule has 18 heavy (non-hydrogen) atoms. The van der Waals surface area contributed by atoms with Crippen LogP contribution in [0.25, 0.3) is 0 Å². The molecule has 0 saturated carbocycles. The summed E-state index contributed by atoms with van der Waals surface area (Å²) in [7, 11) is 0. The van der Waals surface area contributed by atoms with Gasteiger partial charge in [-0.25, -0.2) is 4.79 Å². The fourth-order valence-corrected chi connectivity index (χ4v) is 2.23. The van der Waals surface area contributed by atoms with Gasteiger partial charge in [-0.1, -0.05) is 39.0 Å². The minimum Gasteiger partial charge on any atom is -0.480 e. The number of carbonyl (C=O) groups excluding carboxylic acids is 1. The van der Waals surface area contributed by atoms with Crippen molar-refractivity contribution >= 4 is 12.4 Å². The molecule has 1 atom stereocenters. The average molecular weight is 257 g/mol. The summed E-state index contributed by atoms with van der Waals surface area (Å²) < 4.78 is 0. The predicted molar refractivity (Wildman–Crippen MR) is 72.5 cm³/mol. The first kappa shape index (κ1) is 16.9. The van der Waals surface area contributed by atoms with Crippen LogP contribution in [0.4, 0.5) is 0 Å². The number of carbonyl (C=O) groups is 2. The highest BCUT2D eigenvalue weighted by Gasteiger charge is 2.39. The number of aliphatic carboxylic acids is 1. The number of hydrogen-bond acceptors (Lipinski definition) is 2. The van der Waals surface area contributed by atoms with Gasteiger partial charge < -0.3 is 10.0 Å². The van der Waals surface area contributed by atoms with Gasteiger partial charge >= 0.3 is 5.97 Å². The lowest BCUT2D eigenvalue weighted by Crippen LogP contribution is -2.54. The highest BCUT2D eigenvalue weighted by atomic mass is 16.4. The number of unbranched alkanes of at least 4 members (excludes halogenated alkanes) is 4. The number of nitrogens with zero attached hydrogens (tertiary/aromatic N) is 1. The Balaban J connectivity index is 4.52. The molecule has 0 aliphatic heterocycles. The first-order valence-electron chi connectivity index (χ1n) is 6.87. The lowest BCUT2D eigenvalue weighted by molar-refractivity contribution is -0.156. The van der Waals surface area contributed by atoms with Crippen molar-refractivity contribution in [3.63, 3.8) is 0 Å². The van der Waals surface area contributed by atoms with Crippen molar-refractivity contribution in [3.05, 3.63) is 0 Å². The van der Waals surface area contributed by atoms with E-state index in [0.717, 1.165) is 19.3 Å². The van der Waals surface area contributed by atoms with Crippen molar-refractivity contribution < 1.29 is 14.7 Å². The molecule has 0 aliphatic carbocycles. The summed E-state index contributed by atoms with van der Waals surface area (Å²) in [6.07, 6.45) is 6.54. The van der Waals surface area contributed by atoms with Crippen LogP contribution in [0, 0.1) is 0 Å². The van der Waals surface area contributed by atoms with Crippen molar-refractivity contribution in [1.29, 1.82) is 0 Å². The van der Waals surface area contributed by atoms with Crippen LogP contribution in [0.3, 0.4) is 0 Å². The Morgan fingerprint density at radius 2 is 1.83 bits per heavy atom. The number of hydrogen-bond donors (Lipinski definition) is 1. The second-order valence-corrected chi connectivity index (χ2v) is 5.35. The summed E-state index contributed by atoms with van der Waals surface area (Å²) in [5.41, 5.74) is -1.08. The van der Waals surface area contributed by atoms with Gasteiger partial charge in [0.25, 0.3) is 0 Å². The lowest BCUT2D eigenvalue weighted by atomic mass is 9.91. The van der Waals surface area contributed by atoms with Gasteiger partial charge in [0.05, 0.1) is 0 Å². The summed E-state index contributed by atoms with van der Waals surface area (Å²) in [4.78, 5) is 24.0. The van der Waals surface area contributed by atoms with Crippen molar-refractivity contribution in [2.75, 3.05) is 0 Å². The summed E-state index contributed by atoms with van der Waals surface area (Å²) in [6, 6.07) is -0.0979. The smallest absolute Gasteiger partial charge is 0.329 e. The van der Waals surface area contributed by atoms with Crippen LogP contribution >= 0.6 is 0 Å². The van der Waals surface area contributed by atoms with E-state index in [1.165, 1.54) is 17.7 Å². The molecule has 0 bridgehead atoms. The second-order valence-electron chi connectivity index (χ2n) is 5.35. The van der Waals surface area contributed by atoms with E-state index >= 15 is 0 Å². The monoisotopic (exact) mass is 257 g/mol. The molecule has 1 amide bonds. The van der Waals surface area contributed by atoms with E-state index in [-0.39, 0.29) is 6.04 Å². The molecule has 0 heterocycles. The highest BCUT2D eigenvalue weighted by Crippen LogP contribution is 2.24. The van der Waals surface area contributed by atoms with E-state index < -0.39 is 11.5 Å². The normalized spacial score (nSPS) is 14.3. The third-order valence-corrected chi connectivity index (χ3v) is 3.47. The lowest BCUT2D eigenvalue weighted by Gasteiger charge is -2.38. The second kappa shape index (κ2) is 8.11. The van der Waals surface area contributed by atoms with Crippen LogP contribution in [0.1, 0.15) is 66.2 Å². The van der Waals surface area contributed by atoms with Crippen molar-refractivity contribution in [1.82, 2.24) is 4.90 Å². The maximum atomic E-state index is 11.4. The number of carboxylic acids is 1. The van der Waals surface area contributed by atoms with Crippen molar-refractivity contribution in [2.24, 2.45) is 0 Å². The fraction of sp³-hybridized carbons (Fsp3) is 0.857. The Morgan fingerprint density at radius 3 is 2.22 bits per heavy atom. The van der Waals surface area contributed by atoms with Gasteiger partial charge in [-0.2, -0.15) is 0 Å². The quantitative estimate of drug-likeness (QED) is 0.483. The van der Waals surface area contributed by atoms with Gasteiger partial charge in [0.2, 0.25) is 6.41 Å². The van der Waals surface area contributed by atoms with Crippen LogP contribution in [0.2, 0.25) is 0 Å². The topological polar surface area (TPSA) is 57.6 Å². The minimum atomic E-state index is -1.08. The Labute approximate surface area is 110 Å². The highest BCUT2D eigenvalue weighted by molar-refractivity contribution is 5.81. The summed E-state index contributed by atoms with van der Waals surface area (Å²) in [5, 5.41) is 9.39. The van der Waals surface area contributed by atoms with Gasteiger partial charge in [-0.15, -0.1) is 0 Å². The largest absolute Gasteiger partial charge is 0.480 e. The van der Waals surface area contributed by atoms with Crippen molar-refractivity contribution in [2.45, 2.75) is 77.8 Å². The maximum Gasteiger partial charge on any atom is 0.329 e. The zero-order valence-electron chi connectivity index (χ0n) is 12.1. The Kier molecular flexibility index (Phi) is 7.64. The Hall–Kier alpha value is -1.06. The molecule has 4 nitrogen and oxygen atoms in total. The molecule has 0 aliphatic rings. The summed E-state index contributed by atoms with van der Waals surface area (Å²) >= 11 is 0. The molecule has 0 aromatic rings. The standard InChI is InChI=1S/C14H27NO3/c1-5-6-7-8-9-10-14(4,13(17)18)15(11-16)12(2)3/h11-12H,5-10H2,1-4H3,(H,17,18). The van der Waals surface area contributed by atoms with Gasteiger partial charge in [-0.3, -0.25) is 4.79 Å². The number of carboxylic acid groups (broad SMARTS) is 1. The van der Waals surface area contributed by atoms with Gasteiger partial charge in [0.1, 0.15) is 5.54 Å². The average Bonchev–Trinajstić information content (AvgIpc) is 2.28. The number of rotatable bonds is 10. The third-order valence-electron chi connectivity index (χ3n) is 3.47. The van der Waals surface area contributed by atoms with Gasteiger partial charge in [0.15, 0.2) is 0 Å². The first-order valence-corrected chi connectivity index (χ1v) is 6.87. The molecular formula is C14H27NO3. The molecule has 4 heteroatoms. The van der Waals surface area contributed by atoms with Gasteiger partial charge in [-0.05, 0) is 27.2 Å². The molecule has 1 unspecified atom stereocenters. The Morgan fingerprint density at radius 1 is 1.28 bits per heavy atom. The fourth-order valence-electron chi connectivity index (χ4n) is 2.23. The molecule has 0 fully saturated rings. The molecule has 106 valence electrons. The molecule has 0 aromatic carbocycles. The van der Waals surface area contributed by atoms with Gasteiger partial charge in [0, 0.05) is 6.04 Å². The van der Waals surface area contributed by atoms with Crippen LogP contribution in [-0.2, 0) is 9.59 Å². The molecule has 0 aromatic heterocycles. The third kappa shape index (κ3) is 4.67. The zero-order valence-corrected chi connectivity index (χ0v) is 12.1. The predicted octanol–water partition coefficient (Wildman–Crippen LogP) is 3.06.